The van der Waals surface area contributed by atoms with Crippen LogP contribution in [0.4, 0.5) is 0 Å². The van der Waals surface area contributed by atoms with E-state index in [9.17, 15) is 4.79 Å². The van der Waals surface area contributed by atoms with Crippen LogP contribution >= 0.6 is 0 Å². The van der Waals surface area contributed by atoms with Crippen LogP contribution in [0.1, 0.15) is 10.4 Å². The average molecular weight is 218 g/mol. The smallest absolute Gasteiger partial charge is 0.299 e. The van der Waals surface area contributed by atoms with Gasteiger partial charge in [-0.05, 0) is 24.3 Å². The van der Waals surface area contributed by atoms with Gasteiger partial charge < -0.3 is 4.74 Å². The maximum Gasteiger partial charge on any atom is 0.299 e. The van der Waals surface area contributed by atoms with Crippen molar-refractivity contribution < 1.29 is 22.8 Å². The molecule has 2 N–H and O–H groups in total. The highest BCUT2D eigenvalue weighted by Gasteiger charge is 1.89. The molecule has 1 rings (SSSR count). The third-order valence-electron chi connectivity index (χ3n) is 1.25. The Morgan fingerprint density at radius 2 is 1.71 bits per heavy atom. The lowest BCUT2D eigenvalue weighted by molar-refractivity contribution is 0.112. The van der Waals surface area contributed by atoms with Crippen molar-refractivity contribution >= 4 is 17.6 Å². The maximum atomic E-state index is 10.2. The Morgan fingerprint density at radius 3 is 2.00 bits per heavy atom. The first-order chi connectivity index (χ1) is 6.60. The minimum absolute atomic E-state index is 0.667. The minimum atomic E-state index is -2.61. The van der Waals surface area contributed by atoms with Crippen LogP contribution in [-0.4, -0.2) is 26.7 Å². The summed E-state index contributed by atoms with van der Waals surface area (Å²) in [5.41, 5.74) is 0.667. The summed E-state index contributed by atoms with van der Waals surface area (Å²) in [6, 6.07) is 6.94. The Labute approximate surface area is 83.8 Å². The molecule has 1 aromatic carbocycles. The molecule has 0 aliphatic carbocycles. The van der Waals surface area contributed by atoms with Gasteiger partial charge in [-0.25, -0.2) is 0 Å². The second-order valence-corrected chi connectivity index (χ2v) is 2.58. The van der Waals surface area contributed by atoms with Crippen LogP contribution in [0.5, 0.6) is 5.75 Å². The fourth-order valence-electron chi connectivity index (χ4n) is 0.682. The molecule has 0 aliphatic heterocycles. The quantitative estimate of drug-likeness (QED) is 0.575. The molecule has 0 aromatic heterocycles. The van der Waals surface area contributed by atoms with Gasteiger partial charge in [-0.2, -0.15) is 4.21 Å². The van der Waals surface area contributed by atoms with Crippen LogP contribution in [0.2, 0.25) is 0 Å². The summed E-state index contributed by atoms with van der Waals surface area (Å²) in [6.45, 7) is 0. The van der Waals surface area contributed by atoms with Crippen molar-refractivity contribution in [2.24, 2.45) is 0 Å². The zero-order valence-electron chi connectivity index (χ0n) is 7.41. The summed E-state index contributed by atoms with van der Waals surface area (Å²) in [5, 5.41) is 0. The molecule has 14 heavy (non-hydrogen) atoms. The molecular formula is C8H10O5S. The van der Waals surface area contributed by atoms with Crippen LogP contribution in [0, 0.1) is 0 Å². The molecule has 0 spiro atoms. The van der Waals surface area contributed by atoms with Crippen molar-refractivity contribution in [3.05, 3.63) is 29.8 Å². The highest BCUT2D eigenvalue weighted by atomic mass is 32.2. The molecule has 5 nitrogen and oxygen atoms in total. The van der Waals surface area contributed by atoms with Crippen molar-refractivity contribution in [3.63, 3.8) is 0 Å². The van der Waals surface area contributed by atoms with E-state index in [2.05, 4.69) is 0 Å². The third-order valence-corrected chi connectivity index (χ3v) is 1.25. The first kappa shape index (κ1) is 12.8. The number of rotatable bonds is 2. The summed E-state index contributed by atoms with van der Waals surface area (Å²) in [7, 11) is 1.59. The number of aldehydes is 1. The van der Waals surface area contributed by atoms with Gasteiger partial charge in [0.1, 0.15) is 12.0 Å². The normalized spacial score (nSPS) is 8.86. The maximum absolute atomic E-state index is 10.2. The van der Waals surface area contributed by atoms with E-state index in [-0.39, 0.29) is 0 Å². The Hall–Kier alpha value is -1.24. The van der Waals surface area contributed by atoms with Gasteiger partial charge in [-0.3, -0.25) is 13.9 Å². The topological polar surface area (TPSA) is 83.8 Å². The van der Waals surface area contributed by atoms with E-state index in [1.807, 2.05) is 0 Å². The summed E-state index contributed by atoms with van der Waals surface area (Å²) in [4.78, 5) is 10.2. The van der Waals surface area contributed by atoms with Crippen LogP contribution in [0.25, 0.3) is 0 Å². The third kappa shape index (κ3) is 6.30. The Balaban J connectivity index is 0.000000364. The highest BCUT2D eigenvalue weighted by molar-refractivity contribution is 7.73. The molecule has 0 amide bonds. The molecule has 0 saturated carbocycles. The van der Waals surface area contributed by atoms with Crippen molar-refractivity contribution in [1.29, 1.82) is 0 Å². The van der Waals surface area contributed by atoms with Crippen molar-refractivity contribution in [2.45, 2.75) is 0 Å². The molecule has 0 bridgehead atoms. The lowest BCUT2D eigenvalue weighted by atomic mass is 10.2. The molecule has 0 unspecified atom stereocenters. The largest absolute Gasteiger partial charge is 0.497 e. The van der Waals surface area contributed by atoms with E-state index < -0.39 is 11.4 Å². The number of carbonyl (C=O) groups excluding carboxylic acids is 1. The minimum Gasteiger partial charge on any atom is -0.497 e. The summed E-state index contributed by atoms with van der Waals surface area (Å²) in [6.07, 6.45) is 0.805. The van der Waals surface area contributed by atoms with E-state index in [1.54, 1.807) is 31.4 Å². The molecule has 78 valence electrons. The van der Waals surface area contributed by atoms with E-state index in [0.717, 1.165) is 12.0 Å². The highest BCUT2D eigenvalue weighted by Crippen LogP contribution is 2.09. The first-order valence-electron chi connectivity index (χ1n) is 3.49. The SMILES string of the molecule is COc1ccc(C=O)cc1.O=S(O)O. The number of hydrogen-bond acceptors (Lipinski definition) is 3. The zero-order valence-corrected chi connectivity index (χ0v) is 8.23. The Bertz CT molecular complexity index is 291. The van der Waals surface area contributed by atoms with Gasteiger partial charge in [-0.15, -0.1) is 0 Å². The van der Waals surface area contributed by atoms with Gasteiger partial charge in [0.25, 0.3) is 11.4 Å². The molecular weight excluding hydrogens is 208 g/mol. The fraction of sp³-hybridized carbons (Fsp3) is 0.125. The van der Waals surface area contributed by atoms with E-state index in [0.29, 0.717) is 5.56 Å². The second-order valence-electron chi connectivity index (χ2n) is 2.12. The molecule has 0 saturated heterocycles. The van der Waals surface area contributed by atoms with Crippen molar-refractivity contribution in [2.75, 3.05) is 7.11 Å². The van der Waals surface area contributed by atoms with Gasteiger partial charge in [0.15, 0.2) is 0 Å². The summed E-state index contributed by atoms with van der Waals surface area (Å²) in [5.74, 6) is 0.769. The second kappa shape index (κ2) is 7.19. The first-order valence-corrected chi connectivity index (χ1v) is 4.55. The molecule has 0 fully saturated rings. The average Bonchev–Trinajstić information content (AvgIpc) is 2.17. The van der Waals surface area contributed by atoms with Crippen molar-refractivity contribution in [3.8, 4) is 5.75 Å². The zero-order chi connectivity index (χ0) is 11.0. The van der Waals surface area contributed by atoms with Gasteiger partial charge >= 0.3 is 0 Å². The van der Waals surface area contributed by atoms with E-state index in [4.69, 9.17) is 18.1 Å². The number of hydrogen-bond donors (Lipinski definition) is 2. The van der Waals surface area contributed by atoms with Gasteiger partial charge in [0.2, 0.25) is 0 Å². The standard InChI is InChI=1S/C8H8O2.H2O3S/c1-10-8-4-2-7(6-9)3-5-8;1-4(2)3/h2-6H,1H3;(H2,1,2,3). The Kier molecular flexibility index (Phi) is 6.55. The molecule has 0 heterocycles. The Morgan fingerprint density at radius 1 is 1.29 bits per heavy atom. The van der Waals surface area contributed by atoms with E-state index in [1.165, 1.54) is 0 Å². The number of benzene rings is 1. The summed E-state index contributed by atoms with van der Waals surface area (Å²) < 4.78 is 27.7. The predicted molar refractivity (Wildman–Crippen MR) is 51.8 cm³/mol. The monoisotopic (exact) mass is 218 g/mol. The fourth-order valence-corrected chi connectivity index (χ4v) is 0.682. The molecule has 6 heteroatoms. The van der Waals surface area contributed by atoms with Gasteiger partial charge in [-0.1, -0.05) is 0 Å². The van der Waals surface area contributed by atoms with E-state index >= 15 is 0 Å². The molecule has 1 aromatic rings. The number of carbonyl (C=O) groups is 1. The van der Waals surface area contributed by atoms with Crippen LogP contribution in [-0.2, 0) is 11.4 Å². The van der Waals surface area contributed by atoms with Crippen molar-refractivity contribution in [1.82, 2.24) is 0 Å². The predicted octanol–water partition coefficient (Wildman–Crippen LogP) is 1.19. The van der Waals surface area contributed by atoms with Crippen LogP contribution in [0.3, 0.4) is 0 Å². The lowest BCUT2D eigenvalue weighted by Crippen LogP contribution is -1.82. The van der Waals surface area contributed by atoms with Gasteiger partial charge in [0, 0.05) is 5.56 Å². The molecule has 0 atom stereocenters. The van der Waals surface area contributed by atoms with Crippen LogP contribution < -0.4 is 4.74 Å². The number of ether oxygens (including phenoxy) is 1. The summed E-state index contributed by atoms with van der Waals surface area (Å²) >= 11 is -2.61. The van der Waals surface area contributed by atoms with Gasteiger partial charge in [0.05, 0.1) is 7.11 Å². The molecule has 0 radical (unpaired) electrons. The number of methoxy groups -OCH3 is 1. The van der Waals surface area contributed by atoms with Crippen LogP contribution in [0.15, 0.2) is 24.3 Å². The molecule has 0 aliphatic rings. The lowest BCUT2D eigenvalue weighted by Gasteiger charge is -1.96.